The zero-order valence-corrected chi connectivity index (χ0v) is 21.4. The van der Waals surface area contributed by atoms with Crippen molar-refractivity contribution in [1.29, 1.82) is 0 Å². The summed E-state index contributed by atoms with van der Waals surface area (Å²) in [4.78, 5) is 21.2. The topological polar surface area (TPSA) is 88.1 Å². The molecule has 38 heavy (non-hydrogen) atoms. The lowest BCUT2D eigenvalue weighted by Crippen LogP contribution is -2.36. The highest BCUT2D eigenvalue weighted by Crippen LogP contribution is 2.29. The third kappa shape index (κ3) is 5.29. The Kier molecular flexibility index (Phi) is 6.84. The summed E-state index contributed by atoms with van der Waals surface area (Å²) in [6, 6.07) is 25.5. The molecule has 0 atom stereocenters. The standard InChI is InChI=1S/C29H25N7OS/c38-29(32-20-7-10-22(11-8-20)36-15-17-37-18-16-36)33-21-9-12-23-26(19-21)35-28(25-6-2-4-14-31-25)27(34-23)24-5-1-3-13-30-24/h1-14,19H,15-18H2,(H2,32,33,38). The van der Waals surface area contributed by atoms with Crippen molar-refractivity contribution in [3.05, 3.63) is 91.3 Å². The zero-order chi connectivity index (χ0) is 25.7. The number of rotatable bonds is 5. The Morgan fingerprint density at radius 1 is 0.711 bits per heavy atom. The van der Waals surface area contributed by atoms with Gasteiger partial charge in [-0.2, -0.15) is 0 Å². The fraction of sp³-hybridized carbons (Fsp3) is 0.138. The van der Waals surface area contributed by atoms with Gasteiger partial charge in [0.25, 0.3) is 0 Å². The second kappa shape index (κ2) is 10.9. The minimum Gasteiger partial charge on any atom is -0.378 e. The van der Waals surface area contributed by atoms with E-state index in [1.807, 2.05) is 66.7 Å². The summed E-state index contributed by atoms with van der Waals surface area (Å²) in [5.74, 6) is 0. The molecule has 9 heteroatoms. The van der Waals surface area contributed by atoms with Gasteiger partial charge in [-0.3, -0.25) is 9.97 Å². The van der Waals surface area contributed by atoms with E-state index < -0.39 is 0 Å². The molecule has 0 bridgehead atoms. The zero-order valence-electron chi connectivity index (χ0n) is 20.5. The first kappa shape index (κ1) is 23.9. The molecule has 1 saturated heterocycles. The summed E-state index contributed by atoms with van der Waals surface area (Å²) >= 11 is 5.58. The van der Waals surface area contributed by atoms with E-state index in [1.165, 1.54) is 5.69 Å². The summed E-state index contributed by atoms with van der Waals surface area (Å²) in [6.07, 6.45) is 3.50. The van der Waals surface area contributed by atoms with Gasteiger partial charge in [-0.1, -0.05) is 12.1 Å². The van der Waals surface area contributed by atoms with Crippen LogP contribution in [-0.4, -0.2) is 51.4 Å². The molecule has 0 aliphatic carbocycles. The summed E-state index contributed by atoms with van der Waals surface area (Å²) in [5.41, 5.74) is 7.24. The fourth-order valence-corrected chi connectivity index (χ4v) is 4.60. The van der Waals surface area contributed by atoms with Gasteiger partial charge < -0.3 is 20.3 Å². The average molecular weight is 520 g/mol. The lowest BCUT2D eigenvalue weighted by molar-refractivity contribution is 0.122. The minimum absolute atomic E-state index is 0.492. The first-order valence-corrected chi connectivity index (χ1v) is 12.8. The van der Waals surface area contributed by atoms with Crippen molar-refractivity contribution >= 4 is 45.4 Å². The van der Waals surface area contributed by atoms with Crippen molar-refractivity contribution in [2.45, 2.75) is 0 Å². The monoisotopic (exact) mass is 519 g/mol. The summed E-state index contributed by atoms with van der Waals surface area (Å²) in [6.45, 7) is 3.34. The third-order valence-corrected chi connectivity index (χ3v) is 6.44. The molecule has 4 heterocycles. The van der Waals surface area contributed by atoms with E-state index in [-0.39, 0.29) is 0 Å². The largest absolute Gasteiger partial charge is 0.378 e. The highest BCUT2D eigenvalue weighted by molar-refractivity contribution is 7.80. The molecular formula is C29H25N7OS. The lowest BCUT2D eigenvalue weighted by Gasteiger charge is -2.29. The van der Waals surface area contributed by atoms with Crippen molar-refractivity contribution in [1.82, 2.24) is 19.9 Å². The number of benzene rings is 2. The average Bonchev–Trinajstić information content (AvgIpc) is 2.98. The third-order valence-electron chi connectivity index (χ3n) is 6.24. The number of morpholine rings is 1. The molecule has 3 aromatic heterocycles. The number of nitrogens with zero attached hydrogens (tertiary/aromatic N) is 5. The van der Waals surface area contributed by atoms with Crippen LogP contribution in [0.4, 0.5) is 17.1 Å². The van der Waals surface area contributed by atoms with Crippen molar-refractivity contribution in [2.75, 3.05) is 41.8 Å². The second-order valence-corrected chi connectivity index (χ2v) is 9.19. The summed E-state index contributed by atoms with van der Waals surface area (Å²) < 4.78 is 5.44. The Morgan fingerprint density at radius 3 is 1.95 bits per heavy atom. The highest BCUT2D eigenvalue weighted by atomic mass is 32.1. The van der Waals surface area contributed by atoms with Crippen LogP contribution in [0, 0.1) is 0 Å². The van der Waals surface area contributed by atoms with Crippen LogP contribution >= 0.6 is 12.2 Å². The maximum absolute atomic E-state index is 5.58. The van der Waals surface area contributed by atoms with E-state index in [0.29, 0.717) is 16.5 Å². The molecule has 2 aromatic carbocycles. The Balaban J connectivity index is 1.23. The van der Waals surface area contributed by atoms with E-state index >= 15 is 0 Å². The van der Waals surface area contributed by atoms with E-state index in [2.05, 4.69) is 37.6 Å². The van der Waals surface area contributed by atoms with Gasteiger partial charge in [0.15, 0.2) is 5.11 Å². The first-order chi connectivity index (χ1) is 18.7. The van der Waals surface area contributed by atoms with Crippen LogP contribution in [0.5, 0.6) is 0 Å². The Morgan fingerprint density at radius 2 is 1.32 bits per heavy atom. The smallest absolute Gasteiger partial charge is 0.175 e. The SMILES string of the molecule is S=C(Nc1ccc(N2CCOCC2)cc1)Nc1ccc2nc(-c3ccccn3)c(-c3ccccn3)nc2c1. The van der Waals surface area contributed by atoms with Crippen LogP contribution in [-0.2, 0) is 4.74 Å². The number of hydrogen-bond donors (Lipinski definition) is 2. The molecule has 188 valence electrons. The molecule has 0 spiro atoms. The van der Waals surface area contributed by atoms with E-state index in [4.69, 9.17) is 26.9 Å². The minimum atomic E-state index is 0.492. The van der Waals surface area contributed by atoms with Gasteiger partial charge in [0.05, 0.1) is 35.6 Å². The number of aromatic nitrogens is 4. The number of ether oxygens (including phenoxy) is 1. The quantitative estimate of drug-likeness (QED) is 0.296. The van der Waals surface area contributed by atoms with Crippen LogP contribution in [0.25, 0.3) is 33.8 Å². The molecule has 5 aromatic rings. The molecule has 6 rings (SSSR count). The fourth-order valence-electron chi connectivity index (χ4n) is 4.37. The van der Waals surface area contributed by atoms with E-state index in [0.717, 1.165) is 60.1 Å². The first-order valence-electron chi connectivity index (χ1n) is 12.4. The molecule has 1 aliphatic heterocycles. The number of pyridine rings is 2. The predicted molar refractivity (Wildman–Crippen MR) is 155 cm³/mol. The molecule has 8 nitrogen and oxygen atoms in total. The van der Waals surface area contributed by atoms with Gasteiger partial charge >= 0.3 is 0 Å². The number of hydrogen-bond acceptors (Lipinski definition) is 7. The van der Waals surface area contributed by atoms with E-state index in [9.17, 15) is 0 Å². The normalized spacial score (nSPS) is 13.3. The van der Waals surface area contributed by atoms with Gasteiger partial charge in [0.2, 0.25) is 0 Å². The van der Waals surface area contributed by atoms with Crippen LogP contribution in [0.1, 0.15) is 0 Å². The maximum Gasteiger partial charge on any atom is 0.175 e. The van der Waals surface area contributed by atoms with Crippen molar-refractivity contribution in [2.24, 2.45) is 0 Å². The molecule has 1 fully saturated rings. The van der Waals surface area contributed by atoms with Gasteiger partial charge in [0.1, 0.15) is 11.4 Å². The number of anilines is 3. The number of thiocarbonyl (C=S) groups is 1. The van der Waals surface area contributed by atoms with Crippen molar-refractivity contribution in [3.63, 3.8) is 0 Å². The maximum atomic E-state index is 5.58. The van der Waals surface area contributed by atoms with Crippen LogP contribution < -0.4 is 15.5 Å². The van der Waals surface area contributed by atoms with Gasteiger partial charge in [-0.05, 0) is 78.9 Å². The number of fused-ring (bicyclic) bond motifs is 1. The molecule has 1 aliphatic rings. The molecule has 0 saturated carbocycles. The second-order valence-electron chi connectivity index (χ2n) is 8.78. The van der Waals surface area contributed by atoms with Crippen LogP contribution in [0.2, 0.25) is 0 Å². The van der Waals surface area contributed by atoms with Gasteiger partial charge in [0, 0.05) is 42.5 Å². The Bertz CT molecular complexity index is 1560. The predicted octanol–water partition coefficient (Wildman–Crippen LogP) is 5.40. The van der Waals surface area contributed by atoms with Crippen molar-refractivity contribution < 1.29 is 4.74 Å². The van der Waals surface area contributed by atoms with Crippen LogP contribution in [0.15, 0.2) is 91.3 Å². The van der Waals surface area contributed by atoms with E-state index in [1.54, 1.807) is 12.4 Å². The molecule has 0 amide bonds. The molecular weight excluding hydrogens is 494 g/mol. The Labute approximate surface area is 225 Å². The highest BCUT2D eigenvalue weighted by Gasteiger charge is 2.16. The summed E-state index contributed by atoms with van der Waals surface area (Å²) in [5, 5.41) is 7.02. The van der Waals surface area contributed by atoms with Gasteiger partial charge in [-0.15, -0.1) is 0 Å². The van der Waals surface area contributed by atoms with Gasteiger partial charge in [-0.25, -0.2) is 9.97 Å². The Hall–Kier alpha value is -4.47. The lowest BCUT2D eigenvalue weighted by atomic mass is 10.1. The van der Waals surface area contributed by atoms with Crippen LogP contribution in [0.3, 0.4) is 0 Å². The molecule has 2 N–H and O–H groups in total. The molecule has 0 unspecified atom stereocenters. The van der Waals surface area contributed by atoms with Crippen molar-refractivity contribution in [3.8, 4) is 22.8 Å². The molecule has 0 radical (unpaired) electrons. The summed E-state index contributed by atoms with van der Waals surface area (Å²) in [7, 11) is 0. The number of nitrogens with one attached hydrogen (secondary N) is 2.